The zero-order valence-corrected chi connectivity index (χ0v) is 21.7. The van der Waals surface area contributed by atoms with Crippen LogP contribution < -0.4 is 10.1 Å². The molecule has 1 aliphatic heterocycles. The fourth-order valence-electron chi connectivity index (χ4n) is 4.66. The van der Waals surface area contributed by atoms with E-state index in [9.17, 15) is 19.5 Å². The van der Waals surface area contributed by atoms with Crippen LogP contribution in [0.1, 0.15) is 32.0 Å². The molecule has 0 bridgehead atoms. The number of carboxylic acid groups (broad SMARTS) is 1. The number of pyridine rings is 1. The number of ether oxygens (including phenoxy) is 1. The molecule has 2 N–H and O–H groups in total. The van der Waals surface area contributed by atoms with Crippen LogP contribution in [0.25, 0.3) is 11.1 Å². The molecule has 196 valence electrons. The lowest BCUT2D eigenvalue weighted by atomic mass is 9.96. The van der Waals surface area contributed by atoms with Crippen molar-refractivity contribution in [1.29, 1.82) is 0 Å². The maximum absolute atomic E-state index is 13.9. The van der Waals surface area contributed by atoms with Crippen LogP contribution in [0, 0.1) is 0 Å². The van der Waals surface area contributed by atoms with Crippen LogP contribution in [-0.4, -0.2) is 45.9 Å². The molecule has 3 aromatic carbocycles. The highest BCUT2D eigenvalue weighted by molar-refractivity contribution is 6.31. The van der Waals surface area contributed by atoms with E-state index < -0.39 is 12.0 Å². The van der Waals surface area contributed by atoms with Crippen molar-refractivity contribution in [3.8, 4) is 16.9 Å². The third kappa shape index (κ3) is 5.46. The highest BCUT2D eigenvalue weighted by atomic mass is 35.5. The molecule has 1 aliphatic rings. The Balaban J connectivity index is 1.58. The molecular weight excluding hydrogens is 518 g/mol. The minimum atomic E-state index is -1.08. The lowest BCUT2D eigenvalue weighted by Gasteiger charge is -2.29. The third-order valence-electron chi connectivity index (χ3n) is 6.59. The van der Waals surface area contributed by atoms with Crippen molar-refractivity contribution in [2.75, 3.05) is 12.4 Å². The maximum Gasteiger partial charge on any atom is 0.336 e. The number of carbonyl (C=O) groups excluding carboxylic acids is 2. The molecule has 8 nitrogen and oxygen atoms in total. The zero-order chi connectivity index (χ0) is 27.5. The van der Waals surface area contributed by atoms with Crippen molar-refractivity contribution in [2.45, 2.75) is 19.0 Å². The summed E-state index contributed by atoms with van der Waals surface area (Å²) in [5, 5.41) is 13.1. The molecule has 1 unspecified atom stereocenters. The van der Waals surface area contributed by atoms with E-state index in [1.54, 1.807) is 72.9 Å². The molecule has 9 heteroatoms. The van der Waals surface area contributed by atoms with Gasteiger partial charge in [0.1, 0.15) is 11.8 Å². The summed E-state index contributed by atoms with van der Waals surface area (Å²) in [4.78, 5) is 45.2. The van der Waals surface area contributed by atoms with Gasteiger partial charge in [0, 0.05) is 29.9 Å². The monoisotopic (exact) mass is 541 g/mol. The minimum absolute atomic E-state index is 0.0582. The minimum Gasteiger partial charge on any atom is -0.497 e. The van der Waals surface area contributed by atoms with Crippen LogP contribution in [0.5, 0.6) is 5.75 Å². The number of aromatic carboxylic acids is 1. The molecule has 5 rings (SSSR count). The smallest absolute Gasteiger partial charge is 0.336 e. The lowest BCUT2D eigenvalue weighted by Crippen LogP contribution is -2.46. The van der Waals surface area contributed by atoms with Gasteiger partial charge in [-0.3, -0.25) is 14.6 Å². The first-order chi connectivity index (χ1) is 18.8. The van der Waals surface area contributed by atoms with Gasteiger partial charge >= 0.3 is 5.97 Å². The molecular formula is C30H24ClN3O5. The van der Waals surface area contributed by atoms with Gasteiger partial charge in [-0.2, -0.15) is 0 Å². The highest BCUT2D eigenvalue weighted by Crippen LogP contribution is 2.31. The first-order valence-corrected chi connectivity index (χ1v) is 12.5. The Labute approximate surface area is 229 Å². The van der Waals surface area contributed by atoms with Gasteiger partial charge in [0.05, 0.1) is 23.9 Å². The van der Waals surface area contributed by atoms with Crippen molar-refractivity contribution in [3.05, 3.63) is 112 Å². The first kappa shape index (κ1) is 25.9. The summed E-state index contributed by atoms with van der Waals surface area (Å²) < 4.78 is 5.32. The van der Waals surface area contributed by atoms with E-state index in [0.717, 1.165) is 0 Å². The number of fused-ring (bicyclic) bond motifs is 1. The Morgan fingerprint density at radius 3 is 2.62 bits per heavy atom. The number of aromatic nitrogens is 1. The second-order valence-electron chi connectivity index (χ2n) is 9.07. The fraction of sp³-hybridized carbons (Fsp3) is 0.133. The number of amides is 2. The van der Waals surface area contributed by atoms with Crippen molar-refractivity contribution in [1.82, 2.24) is 9.88 Å². The van der Waals surface area contributed by atoms with E-state index in [1.807, 2.05) is 6.07 Å². The van der Waals surface area contributed by atoms with Crippen LogP contribution >= 0.6 is 11.6 Å². The van der Waals surface area contributed by atoms with Gasteiger partial charge in [-0.25, -0.2) is 4.79 Å². The number of nitrogens with one attached hydrogen (secondary N) is 1. The maximum atomic E-state index is 13.9. The van der Waals surface area contributed by atoms with Gasteiger partial charge < -0.3 is 20.1 Å². The molecule has 2 amide bonds. The topological polar surface area (TPSA) is 109 Å². The standard InChI is InChI=1S/C30H24ClN3O5/c1-39-22-7-4-5-19(14-22)25-13-18(8-10-23(25)30(37)38)17-34-27(16-21-6-2-3-12-32-21)28(35)33-26-15-20(31)9-11-24(26)29(34)36/h2-15,27H,16-17H2,1H3,(H,33,35)(H,37,38). The van der Waals surface area contributed by atoms with E-state index >= 15 is 0 Å². The van der Waals surface area contributed by atoms with Crippen LogP contribution in [0.3, 0.4) is 0 Å². The second kappa shape index (κ2) is 11.0. The summed E-state index contributed by atoms with van der Waals surface area (Å²) in [7, 11) is 1.54. The van der Waals surface area contributed by atoms with Crippen LogP contribution in [0.2, 0.25) is 5.02 Å². The van der Waals surface area contributed by atoms with Crippen molar-refractivity contribution >= 4 is 35.1 Å². The molecule has 0 spiro atoms. The summed E-state index contributed by atoms with van der Waals surface area (Å²) in [5.74, 6) is -1.22. The van der Waals surface area contributed by atoms with Crippen LogP contribution in [0.4, 0.5) is 5.69 Å². The molecule has 0 aliphatic carbocycles. The number of nitrogens with zero attached hydrogens (tertiary/aromatic N) is 2. The van der Waals surface area contributed by atoms with Gasteiger partial charge in [0.15, 0.2) is 0 Å². The highest BCUT2D eigenvalue weighted by Gasteiger charge is 2.36. The van der Waals surface area contributed by atoms with Crippen molar-refractivity contribution in [2.24, 2.45) is 0 Å². The van der Waals surface area contributed by atoms with Gasteiger partial charge in [-0.05, 0) is 71.3 Å². The van der Waals surface area contributed by atoms with E-state index in [2.05, 4.69) is 10.3 Å². The number of rotatable bonds is 7. The molecule has 2 heterocycles. The Morgan fingerprint density at radius 1 is 1.03 bits per heavy atom. The Kier molecular flexibility index (Phi) is 7.29. The third-order valence-corrected chi connectivity index (χ3v) is 6.82. The molecule has 1 atom stereocenters. The van der Waals surface area contributed by atoms with E-state index in [-0.39, 0.29) is 30.3 Å². The quantitative estimate of drug-likeness (QED) is 0.328. The number of hydrogen-bond donors (Lipinski definition) is 2. The Bertz CT molecular complexity index is 1570. The number of halogens is 1. The summed E-state index contributed by atoms with van der Waals surface area (Å²) in [5.41, 5.74) is 3.19. The second-order valence-corrected chi connectivity index (χ2v) is 9.51. The fourth-order valence-corrected chi connectivity index (χ4v) is 4.84. The largest absolute Gasteiger partial charge is 0.497 e. The predicted octanol–water partition coefficient (Wildman–Crippen LogP) is 5.31. The molecule has 0 saturated heterocycles. The number of anilines is 1. The van der Waals surface area contributed by atoms with Gasteiger partial charge in [0.25, 0.3) is 5.91 Å². The predicted molar refractivity (Wildman–Crippen MR) is 147 cm³/mol. The van der Waals surface area contributed by atoms with Crippen molar-refractivity contribution < 1.29 is 24.2 Å². The van der Waals surface area contributed by atoms with Crippen LogP contribution in [0.15, 0.2) is 85.1 Å². The summed E-state index contributed by atoms with van der Waals surface area (Å²) in [6.45, 7) is 0.0582. The molecule has 4 aromatic rings. The lowest BCUT2D eigenvalue weighted by molar-refractivity contribution is -0.120. The number of benzene rings is 3. The number of carboxylic acids is 1. The average molecular weight is 542 g/mol. The molecule has 39 heavy (non-hydrogen) atoms. The summed E-state index contributed by atoms with van der Waals surface area (Å²) in [6.07, 6.45) is 1.83. The molecule has 1 aromatic heterocycles. The number of methoxy groups -OCH3 is 1. The van der Waals surface area contributed by atoms with Gasteiger partial charge in [0.2, 0.25) is 5.91 Å². The zero-order valence-electron chi connectivity index (χ0n) is 20.9. The Hall–Kier alpha value is -4.69. The molecule has 0 saturated carbocycles. The average Bonchev–Trinajstić information content (AvgIpc) is 3.03. The number of carbonyl (C=O) groups is 3. The van der Waals surface area contributed by atoms with E-state index in [4.69, 9.17) is 16.3 Å². The normalized spacial score (nSPS) is 14.8. The Morgan fingerprint density at radius 2 is 1.87 bits per heavy atom. The van der Waals surface area contributed by atoms with E-state index in [1.165, 1.54) is 18.1 Å². The van der Waals surface area contributed by atoms with Crippen molar-refractivity contribution in [3.63, 3.8) is 0 Å². The van der Waals surface area contributed by atoms with E-state index in [0.29, 0.717) is 44.4 Å². The first-order valence-electron chi connectivity index (χ1n) is 12.2. The van der Waals surface area contributed by atoms with Gasteiger partial charge in [-0.15, -0.1) is 0 Å². The molecule has 0 fully saturated rings. The van der Waals surface area contributed by atoms with Gasteiger partial charge in [-0.1, -0.05) is 35.9 Å². The number of hydrogen-bond acceptors (Lipinski definition) is 5. The SMILES string of the molecule is COc1cccc(-c2cc(CN3C(=O)c4ccc(Cl)cc4NC(=O)C3Cc3ccccn3)ccc2C(=O)O)c1. The van der Waals surface area contributed by atoms with Crippen LogP contribution in [-0.2, 0) is 17.8 Å². The summed E-state index contributed by atoms with van der Waals surface area (Å²) >= 11 is 6.15. The molecule has 0 radical (unpaired) electrons. The summed E-state index contributed by atoms with van der Waals surface area (Å²) in [6, 6.07) is 21.3.